The van der Waals surface area contributed by atoms with Gasteiger partial charge in [0.25, 0.3) is 0 Å². The zero-order valence-electron chi connectivity index (χ0n) is 11.1. The third kappa shape index (κ3) is 3.20. The smallest absolute Gasteiger partial charge is 0.185 e. The average Bonchev–Trinajstić information content (AvgIpc) is 2.53. The molecule has 0 radical (unpaired) electrons. The maximum Gasteiger partial charge on any atom is 0.185 e. The minimum absolute atomic E-state index is 0.0657. The molecule has 100 valence electrons. The molecule has 3 nitrogen and oxygen atoms in total. The first-order valence-electron chi connectivity index (χ1n) is 6.15. The van der Waals surface area contributed by atoms with Crippen LogP contribution < -0.4 is 4.74 Å². The van der Waals surface area contributed by atoms with E-state index in [4.69, 9.17) is 4.74 Å². The highest BCUT2D eigenvalue weighted by Gasteiger charge is 2.03. The monoisotopic (exact) mass is 266 g/mol. The van der Waals surface area contributed by atoms with E-state index in [2.05, 4.69) is 0 Å². The van der Waals surface area contributed by atoms with Crippen LogP contribution in [0.15, 0.2) is 54.6 Å². The van der Waals surface area contributed by atoms with Gasteiger partial charge in [-0.1, -0.05) is 42.5 Å². The van der Waals surface area contributed by atoms with Gasteiger partial charge in [0.1, 0.15) is 5.75 Å². The van der Waals surface area contributed by atoms with E-state index in [1.54, 1.807) is 36.4 Å². The fraction of sp³-hybridized carbons (Fsp3) is 0.0588. The number of allylic oxidation sites excluding steroid dienone is 1. The predicted octanol–water partition coefficient (Wildman–Crippen LogP) is 3.40. The molecule has 3 heteroatoms. The summed E-state index contributed by atoms with van der Waals surface area (Å²) in [7, 11) is 1.50. The van der Waals surface area contributed by atoms with E-state index in [0.717, 1.165) is 11.8 Å². The summed E-state index contributed by atoms with van der Waals surface area (Å²) in [6.07, 6.45) is 3.94. The molecule has 0 amide bonds. The summed E-state index contributed by atoms with van der Waals surface area (Å²) in [4.78, 5) is 22.7. The van der Waals surface area contributed by atoms with Crippen molar-refractivity contribution in [3.63, 3.8) is 0 Å². The number of carbonyl (C=O) groups is 2. The zero-order chi connectivity index (χ0) is 14.4. The lowest BCUT2D eigenvalue weighted by molar-refractivity contribution is 0.104. The van der Waals surface area contributed by atoms with Crippen molar-refractivity contribution >= 4 is 18.1 Å². The molecule has 0 N–H and O–H groups in total. The highest BCUT2D eigenvalue weighted by Crippen LogP contribution is 2.19. The van der Waals surface area contributed by atoms with E-state index in [0.29, 0.717) is 16.9 Å². The van der Waals surface area contributed by atoms with E-state index in [9.17, 15) is 9.59 Å². The van der Waals surface area contributed by atoms with Crippen molar-refractivity contribution in [3.05, 3.63) is 71.3 Å². The Balaban J connectivity index is 2.19. The van der Waals surface area contributed by atoms with Gasteiger partial charge >= 0.3 is 0 Å². The molecule has 0 saturated carbocycles. The van der Waals surface area contributed by atoms with Crippen molar-refractivity contribution in [2.45, 2.75) is 0 Å². The number of ether oxygens (including phenoxy) is 1. The molecule has 0 aromatic heterocycles. The van der Waals surface area contributed by atoms with Gasteiger partial charge in [-0.15, -0.1) is 0 Å². The third-order valence-corrected chi connectivity index (χ3v) is 2.87. The molecule has 0 aliphatic heterocycles. The lowest BCUT2D eigenvalue weighted by Gasteiger charge is -2.04. The number of methoxy groups -OCH3 is 1. The second-order valence-electron chi connectivity index (χ2n) is 4.18. The molecule has 0 fully saturated rings. The van der Waals surface area contributed by atoms with Gasteiger partial charge in [-0.2, -0.15) is 0 Å². The number of carbonyl (C=O) groups excluding carboxylic acids is 2. The number of rotatable bonds is 5. The normalized spacial score (nSPS) is 10.4. The number of benzene rings is 2. The van der Waals surface area contributed by atoms with Crippen LogP contribution in [0.3, 0.4) is 0 Å². The molecule has 2 aromatic carbocycles. The molecule has 0 heterocycles. The topological polar surface area (TPSA) is 43.4 Å². The van der Waals surface area contributed by atoms with Gasteiger partial charge in [0.05, 0.1) is 12.7 Å². The van der Waals surface area contributed by atoms with Gasteiger partial charge in [-0.3, -0.25) is 9.59 Å². The number of aldehydes is 1. The Kier molecular flexibility index (Phi) is 4.45. The number of hydrogen-bond donors (Lipinski definition) is 0. The van der Waals surface area contributed by atoms with Gasteiger partial charge in [0.15, 0.2) is 12.1 Å². The summed E-state index contributed by atoms with van der Waals surface area (Å²) >= 11 is 0. The minimum atomic E-state index is -0.0657. The van der Waals surface area contributed by atoms with Crippen LogP contribution in [-0.2, 0) is 0 Å². The van der Waals surface area contributed by atoms with Crippen molar-refractivity contribution in [2.24, 2.45) is 0 Å². The van der Waals surface area contributed by atoms with E-state index >= 15 is 0 Å². The Morgan fingerprint density at radius 1 is 1.10 bits per heavy atom. The van der Waals surface area contributed by atoms with Crippen LogP contribution in [0.5, 0.6) is 5.75 Å². The minimum Gasteiger partial charge on any atom is -0.496 e. The zero-order valence-corrected chi connectivity index (χ0v) is 11.1. The maximum atomic E-state index is 11.9. The first-order chi connectivity index (χ1) is 9.74. The molecule has 0 atom stereocenters. The van der Waals surface area contributed by atoms with E-state index in [-0.39, 0.29) is 5.78 Å². The van der Waals surface area contributed by atoms with Gasteiger partial charge in [0.2, 0.25) is 0 Å². The van der Waals surface area contributed by atoms with Crippen LogP contribution in [0.2, 0.25) is 0 Å². The van der Waals surface area contributed by atoms with Crippen molar-refractivity contribution in [1.29, 1.82) is 0 Å². The van der Waals surface area contributed by atoms with E-state index in [1.165, 1.54) is 13.2 Å². The summed E-state index contributed by atoms with van der Waals surface area (Å²) in [5, 5.41) is 0. The van der Waals surface area contributed by atoms with Gasteiger partial charge in [0, 0.05) is 5.56 Å². The van der Waals surface area contributed by atoms with Gasteiger partial charge in [-0.05, 0) is 23.8 Å². The van der Waals surface area contributed by atoms with Crippen molar-refractivity contribution < 1.29 is 14.3 Å². The number of hydrogen-bond acceptors (Lipinski definition) is 3. The summed E-state index contributed by atoms with van der Waals surface area (Å²) in [6, 6.07) is 14.2. The van der Waals surface area contributed by atoms with Crippen LogP contribution in [-0.4, -0.2) is 19.2 Å². The third-order valence-electron chi connectivity index (χ3n) is 2.87. The summed E-state index contributed by atoms with van der Waals surface area (Å²) < 4.78 is 5.12. The Morgan fingerprint density at radius 2 is 1.85 bits per heavy atom. The summed E-state index contributed by atoms with van der Waals surface area (Å²) in [6.45, 7) is 0. The van der Waals surface area contributed by atoms with E-state index < -0.39 is 0 Å². The highest BCUT2D eigenvalue weighted by molar-refractivity contribution is 6.06. The van der Waals surface area contributed by atoms with Crippen molar-refractivity contribution in [2.75, 3.05) is 7.11 Å². The van der Waals surface area contributed by atoms with Crippen LogP contribution in [0.25, 0.3) is 6.08 Å². The first-order valence-corrected chi connectivity index (χ1v) is 6.15. The van der Waals surface area contributed by atoms with Crippen LogP contribution in [0.1, 0.15) is 26.3 Å². The molecular formula is C17H14O3. The molecule has 0 bridgehead atoms. The highest BCUT2D eigenvalue weighted by atomic mass is 16.5. The van der Waals surface area contributed by atoms with E-state index in [1.807, 2.05) is 18.2 Å². The molecule has 0 spiro atoms. The van der Waals surface area contributed by atoms with Crippen LogP contribution in [0, 0.1) is 0 Å². The predicted molar refractivity (Wildman–Crippen MR) is 78.2 cm³/mol. The molecule has 2 aromatic rings. The number of ketones is 1. The Labute approximate surface area is 117 Å². The second-order valence-corrected chi connectivity index (χ2v) is 4.18. The Morgan fingerprint density at radius 3 is 2.50 bits per heavy atom. The SMILES string of the molecule is COc1cc(C=CC(=O)c2ccccc2)ccc1C=O. The quantitative estimate of drug-likeness (QED) is 0.473. The summed E-state index contributed by atoms with van der Waals surface area (Å²) in [5.41, 5.74) is 1.93. The fourth-order valence-electron chi connectivity index (χ4n) is 1.80. The molecule has 2 rings (SSSR count). The fourth-order valence-corrected chi connectivity index (χ4v) is 1.80. The average molecular weight is 266 g/mol. The second kappa shape index (κ2) is 6.48. The molecule has 0 unspecified atom stereocenters. The molecule has 20 heavy (non-hydrogen) atoms. The standard InChI is InChI=1S/C17H14O3/c1-20-17-11-13(7-9-15(17)12-18)8-10-16(19)14-5-3-2-4-6-14/h2-12H,1H3. The van der Waals surface area contributed by atoms with Crippen molar-refractivity contribution in [1.82, 2.24) is 0 Å². The van der Waals surface area contributed by atoms with Crippen LogP contribution in [0.4, 0.5) is 0 Å². The Bertz CT molecular complexity index is 643. The van der Waals surface area contributed by atoms with Crippen LogP contribution >= 0.6 is 0 Å². The largest absolute Gasteiger partial charge is 0.496 e. The summed E-state index contributed by atoms with van der Waals surface area (Å²) in [5.74, 6) is 0.429. The Hall–Kier alpha value is -2.68. The molecule has 0 aliphatic rings. The lowest BCUT2D eigenvalue weighted by Crippen LogP contribution is -1.93. The maximum absolute atomic E-state index is 11.9. The molecular weight excluding hydrogens is 252 g/mol. The first kappa shape index (κ1) is 13.7. The molecule has 0 aliphatic carbocycles. The van der Waals surface area contributed by atoms with Gasteiger partial charge in [-0.25, -0.2) is 0 Å². The lowest BCUT2D eigenvalue weighted by atomic mass is 10.1. The molecule has 0 saturated heterocycles. The van der Waals surface area contributed by atoms with Crippen molar-refractivity contribution in [3.8, 4) is 5.75 Å². The van der Waals surface area contributed by atoms with Gasteiger partial charge < -0.3 is 4.74 Å².